The van der Waals surface area contributed by atoms with Gasteiger partial charge in [-0.3, -0.25) is 9.97 Å². The average Bonchev–Trinajstić information content (AvgIpc) is 4.33. The summed E-state index contributed by atoms with van der Waals surface area (Å²) in [5.41, 5.74) is 3.46. The molecule has 1 radical (unpaired) electrons. The monoisotopic (exact) mass is 1320 g/mol. The van der Waals surface area contributed by atoms with Gasteiger partial charge in [-0.2, -0.15) is 0 Å². The van der Waals surface area contributed by atoms with E-state index in [1.165, 1.54) is 148 Å². The fraction of sp³-hybridized carbons (Fsp3) is 0.255. The van der Waals surface area contributed by atoms with E-state index < -0.39 is 0 Å². The van der Waals surface area contributed by atoms with Gasteiger partial charge in [0, 0.05) is 88.2 Å². The normalized spacial score (nSPS) is 17.5. The molecule has 0 saturated heterocycles. The maximum atomic E-state index is 5.00. The molecule has 2 saturated carbocycles. The SMILES string of the molecule is C1CCCC1.C1CCCC1.C1CSC2=C(S1)SC(=C1SC3=C(SCCS3)S1)S2.N.[3H][3H].[CH3-].[CH3-].[Co+2].[Ru].c1ccc(-c2cccc(-c3ccccn3)n2)nc1.c1ccc2c3c4c(c5ccccc5c5c4c(c2c1)SS5)SS3. The first kappa shape index (κ1) is 60.3. The maximum absolute atomic E-state index is 5.00. The van der Waals surface area contributed by atoms with E-state index >= 15 is 0 Å². The molecule has 0 unspecified atom stereocenters. The van der Waals surface area contributed by atoms with Crippen molar-refractivity contribution in [3.63, 3.8) is 0 Å². The Labute approximate surface area is 509 Å². The molecule has 7 aromatic rings. The van der Waals surface area contributed by atoms with E-state index in [-0.39, 0.29) is 57.3 Å². The Bertz CT molecular complexity index is 2740. The summed E-state index contributed by atoms with van der Waals surface area (Å²) in [6.45, 7) is 0. The number of aromatic nitrogens is 3. The third kappa shape index (κ3) is 14.7. The number of fused-ring (bicyclic) bond motifs is 6. The molecule has 387 valence electrons. The molecule has 0 atom stereocenters. The summed E-state index contributed by atoms with van der Waals surface area (Å²) in [6.07, 6.45) is 18.5. The summed E-state index contributed by atoms with van der Waals surface area (Å²) in [5.74, 6) is 5.11. The second kappa shape index (κ2) is 30.8. The van der Waals surface area contributed by atoms with Crippen molar-refractivity contribution in [2.24, 2.45) is 0 Å². The van der Waals surface area contributed by atoms with Crippen LogP contribution in [0, 0.1) is 14.9 Å². The molecule has 0 amide bonds. The zero-order valence-electron chi connectivity index (χ0n) is 42.5. The van der Waals surface area contributed by atoms with Crippen molar-refractivity contribution in [2.45, 2.75) is 83.8 Å². The van der Waals surface area contributed by atoms with E-state index in [0.717, 1.165) is 22.8 Å². The van der Waals surface area contributed by atoms with Crippen molar-refractivity contribution in [2.75, 3.05) is 23.0 Å². The zero-order chi connectivity index (χ0) is 47.5. The van der Waals surface area contributed by atoms with Crippen LogP contribution in [0.2, 0.25) is 0 Å². The Balaban J connectivity index is 0.000000182. The van der Waals surface area contributed by atoms with Gasteiger partial charge in [0.25, 0.3) is 0 Å². The van der Waals surface area contributed by atoms with Crippen LogP contribution in [0.3, 0.4) is 0 Å². The first-order chi connectivity index (χ1) is 34.8. The van der Waals surface area contributed by atoms with Crippen molar-refractivity contribution >= 4 is 170 Å². The van der Waals surface area contributed by atoms with Crippen LogP contribution < -0.4 is 6.15 Å². The third-order valence-corrected chi connectivity index (χ3v) is 29.0. The van der Waals surface area contributed by atoms with Crippen LogP contribution in [-0.4, -0.2) is 38.0 Å². The molecule has 73 heavy (non-hydrogen) atoms. The minimum absolute atomic E-state index is 0. The first-order valence-electron chi connectivity index (χ1n) is 24.1. The standard InChI is InChI=1S/C18H8S4.C15H11N3.C10H8S8.2C5H10.2CH3.Co.H3N.Ru.H2/c1-2-6-10-9(5-1)15-13-14-16(10)20-22-18(14)12-8-4-3-7-11(12)17(13)21-19-15;1-3-10-16-12(6-1)14-8-5-9-15(18-14)13-7-2-4-11-17-13;1-2-12-6-5(11-1)15-9(16-6)10-17-7-8(18-10)14-4-3-13-7;2*1-2-4-5-3-1;;;;;;/h1-8H;1-11H;1-4H2;2*1-5H2;2*1H3;;1H3;;1H/q;;;;;2*-1;+2;;;/i;;;;;;;;;;1+2T. The van der Waals surface area contributed by atoms with Gasteiger partial charge in [-0.1, -0.05) is 221 Å². The predicted molar refractivity (Wildman–Crippen MR) is 340 cm³/mol. The Morgan fingerprint density at radius 3 is 0.904 bits per heavy atom. The molecule has 18 heteroatoms. The van der Waals surface area contributed by atoms with Crippen LogP contribution in [-0.2, 0) is 36.3 Å². The number of rotatable bonds is 2. The molecule has 15 rings (SSSR count). The first-order valence-corrected chi connectivity index (χ1v) is 34.6. The molecule has 2 aliphatic carbocycles. The molecular weight excluding hydrogens is 1260 g/mol. The summed E-state index contributed by atoms with van der Waals surface area (Å²) >= 11 is 16.2. The largest absolute Gasteiger partial charge is 2.00 e. The summed E-state index contributed by atoms with van der Waals surface area (Å²) in [7, 11) is 7.74. The average molecular weight is 1320 g/mol. The topological polar surface area (TPSA) is 73.7 Å². The van der Waals surface area contributed by atoms with E-state index in [1.54, 1.807) is 29.3 Å². The molecule has 0 bridgehead atoms. The van der Waals surface area contributed by atoms with Crippen molar-refractivity contribution in [1.29, 1.82) is 0 Å². The van der Waals surface area contributed by atoms with Crippen molar-refractivity contribution < 1.29 is 39.2 Å². The van der Waals surface area contributed by atoms with Crippen LogP contribution in [0.4, 0.5) is 0 Å². The van der Waals surface area contributed by atoms with Gasteiger partial charge in [0.1, 0.15) is 0 Å². The number of pyridine rings is 3. The van der Waals surface area contributed by atoms with E-state index in [1.807, 2.05) is 192 Å². The van der Waals surface area contributed by atoms with Gasteiger partial charge in [-0.05, 0) is 57.9 Å². The van der Waals surface area contributed by atoms with Gasteiger partial charge in [0.15, 0.2) is 0 Å². The van der Waals surface area contributed by atoms with Gasteiger partial charge in [0.05, 0.1) is 48.2 Å². The molecule has 4 nitrogen and oxygen atoms in total. The van der Waals surface area contributed by atoms with Gasteiger partial charge >= 0.3 is 16.8 Å². The van der Waals surface area contributed by atoms with Crippen molar-refractivity contribution in [3.8, 4) is 22.8 Å². The van der Waals surface area contributed by atoms with Crippen LogP contribution in [0.5, 0.6) is 0 Å². The number of hydrogen-bond donors (Lipinski definition) is 1. The molecule has 3 N–H and O–H groups in total. The minimum Gasteiger partial charge on any atom is -0.358 e. The molecular formula is C55H58CoN4RuS12. The quantitative estimate of drug-likeness (QED) is 0.0772. The van der Waals surface area contributed by atoms with Gasteiger partial charge in [0.2, 0.25) is 0 Å². The van der Waals surface area contributed by atoms with Crippen molar-refractivity contribution in [3.05, 3.63) is 156 Å². The zero-order valence-corrected chi connectivity index (χ0v) is 53.1. The Hall–Kier alpha value is -0.380. The van der Waals surface area contributed by atoms with E-state index in [9.17, 15) is 0 Å². The number of hydrogen-bond acceptors (Lipinski definition) is 16. The van der Waals surface area contributed by atoms with E-state index in [4.69, 9.17) is 2.97 Å². The van der Waals surface area contributed by atoms with E-state index in [0.29, 0.717) is 0 Å². The summed E-state index contributed by atoms with van der Waals surface area (Å²) in [5, 5.41) is 8.65. The van der Waals surface area contributed by atoms with Crippen molar-refractivity contribution in [1.82, 2.24) is 21.1 Å². The summed E-state index contributed by atoms with van der Waals surface area (Å²) < 4.78 is 19.3. The molecule has 2 fully saturated rings. The molecule has 3 aromatic heterocycles. The van der Waals surface area contributed by atoms with Gasteiger partial charge in [-0.25, -0.2) is 4.98 Å². The molecule has 0 spiro atoms. The van der Waals surface area contributed by atoms with Gasteiger partial charge < -0.3 is 21.0 Å². The second-order valence-electron chi connectivity index (χ2n) is 16.4. The molecule has 9 heterocycles. The fourth-order valence-corrected chi connectivity index (χ4v) is 26.6. The van der Waals surface area contributed by atoms with E-state index in [2.05, 4.69) is 63.5 Å². The number of benzene rings is 4. The summed E-state index contributed by atoms with van der Waals surface area (Å²) in [4.78, 5) is 19.0. The molecule has 8 aliphatic rings. The molecule has 4 aromatic carbocycles. The number of thioether (sulfide) groups is 8. The van der Waals surface area contributed by atoms with Crippen LogP contribution in [0.25, 0.3) is 55.1 Å². The maximum Gasteiger partial charge on any atom is 2.00 e. The minimum atomic E-state index is 0. The van der Waals surface area contributed by atoms with Crippen LogP contribution in [0.15, 0.2) is 161 Å². The second-order valence-corrected chi connectivity index (χ2v) is 30.7. The van der Waals surface area contributed by atoms with Crippen LogP contribution in [0.1, 0.15) is 67.2 Å². The Morgan fingerprint density at radius 1 is 0.356 bits per heavy atom. The predicted octanol–water partition coefficient (Wildman–Crippen LogP) is 22.1. The third-order valence-electron chi connectivity index (χ3n) is 11.9. The van der Waals surface area contributed by atoms with Crippen LogP contribution >= 0.6 is 137 Å². The smallest absolute Gasteiger partial charge is 0.358 e. The Morgan fingerprint density at radius 2 is 0.630 bits per heavy atom. The number of nitrogens with zero attached hydrogens (tertiary/aromatic N) is 3. The summed E-state index contributed by atoms with van der Waals surface area (Å²) in [6, 6.07) is 35.2. The Kier molecular flexibility index (Phi) is 25.5. The fourth-order valence-electron chi connectivity index (χ4n) is 8.59. The molecule has 6 aliphatic heterocycles. The van der Waals surface area contributed by atoms with Gasteiger partial charge in [-0.15, -0.1) is 47.0 Å².